The van der Waals surface area contributed by atoms with Gasteiger partial charge in [0.05, 0.1) is 18.8 Å². The molecular weight excluding hydrogens is 286 g/mol. The maximum atomic E-state index is 9.90. The number of hydrogen-bond donors (Lipinski definition) is 4. The first-order valence-electron chi connectivity index (χ1n) is 8.49. The highest BCUT2D eigenvalue weighted by Gasteiger charge is 2.40. The van der Waals surface area contributed by atoms with Gasteiger partial charge >= 0.3 is 0 Å². The molecule has 22 heavy (non-hydrogen) atoms. The molecule has 1 aliphatic heterocycles. The van der Waals surface area contributed by atoms with Crippen molar-refractivity contribution in [2.45, 2.75) is 69.3 Å². The summed E-state index contributed by atoms with van der Waals surface area (Å²) in [5, 5.41) is 38.7. The van der Waals surface area contributed by atoms with Crippen molar-refractivity contribution >= 4 is 0 Å². The molecule has 0 bridgehead atoms. The number of piperidine rings is 1. The van der Waals surface area contributed by atoms with Crippen LogP contribution >= 0.6 is 0 Å². The molecule has 1 rings (SSSR count). The van der Waals surface area contributed by atoms with Gasteiger partial charge in [-0.25, -0.2) is 0 Å². The van der Waals surface area contributed by atoms with Gasteiger partial charge in [-0.1, -0.05) is 32.1 Å². The van der Waals surface area contributed by atoms with Crippen molar-refractivity contribution in [1.29, 1.82) is 0 Å². The predicted octanol–water partition coefficient (Wildman–Crippen LogP) is 0.123. The highest BCUT2D eigenvalue weighted by Crippen LogP contribution is 2.19. The van der Waals surface area contributed by atoms with Gasteiger partial charge in [-0.05, 0) is 19.4 Å². The van der Waals surface area contributed by atoms with Crippen LogP contribution in [0.1, 0.15) is 44.9 Å². The van der Waals surface area contributed by atoms with E-state index in [1.165, 1.54) is 25.7 Å². The number of aliphatic hydroxyl groups is 4. The van der Waals surface area contributed by atoms with Crippen molar-refractivity contribution in [2.24, 2.45) is 0 Å². The minimum Gasteiger partial charge on any atom is -0.395 e. The van der Waals surface area contributed by atoms with E-state index < -0.39 is 24.4 Å². The highest BCUT2D eigenvalue weighted by molar-refractivity contribution is 4.93. The summed E-state index contributed by atoms with van der Waals surface area (Å²) in [7, 11) is 1.73. The van der Waals surface area contributed by atoms with E-state index in [9.17, 15) is 20.4 Å². The number of nitrogens with zero attached hydrogens (tertiary/aromatic N) is 1. The third-order valence-electron chi connectivity index (χ3n) is 4.51. The van der Waals surface area contributed by atoms with E-state index in [4.69, 9.17) is 4.74 Å². The van der Waals surface area contributed by atoms with Crippen LogP contribution in [0.3, 0.4) is 0 Å². The zero-order chi connectivity index (χ0) is 16.4. The van der Waals surface area contributed by atoms with Crippen LogP contribution in [0.5, 0.6) is 0 Å². The minimum atomic E-state index is -1.17. The SMILES string of the molecule is COCCCCCCCCCN1C[C@H](O)[C@@H](O)[C@@H](O)C1CO. The molecule has 0 aromatic carbocycles. The Hall–Kier alpha value is -0.240. The Morgan fingerprint density at radius 2 is 1.50 bits per heavy atom. The normalized spacial score (nSPS) is 29.9. The molecule has 6 nitrogen and oxygen atoms in total. The van der Waals surface area contributed by atoms with Gasteiger partial charge in [0.2, 0.25) is 0 Å². The van der Waals surface area contributed by atoms with Crippen molar-refractivity contribution in [1.82, 2.24) is 4.90 Å². The third-order valence-corrected chi connectivity index (χ3v) is 4.51. The molecule has 4 atom stereocenters. The van der Waals surface area contributed by atoms with Crippen molar-refractivity contribution in [2.75, 3.05) is 33.4 Å². The van der Waals surface area contributed by atoms with Gasteiger partial charge in [0.1, 0.15) is 12.2 Å². The number of aliphatic hydroxyl groups excluding tert-OH is 4. The second-order valence-electron chi connectivity index (χ2n) is 6.26. The first-order valence-corrected chi connectivity index (χ1v) is 8.49. The Kier molecular flexibility index (Phi) is 10.2. The molecular formula is C16H33NO5. The van der Waals surface area contributed by atoms with Gasteiger partial charge in [0, 0.05) is 20.3 Å². The summed E-state index contributed by atoms with van der Waals surface area (Å²) < 4.78 is 5.02. The van der Waals surface area contributed by atoms with E-state index in [1.54, 1.807) is 7.11 Å². The number of ether oxygens (including phenoxy) is 1. The fourth-order valence-corrected chi connectivity index (χ4v) is 3.08. The van der Waals surface area contributed by atoms with Crippen molar-refractivity contribution in [3.05, 3.63) is 0 Å². The average molecular weight is 319 g/mol. The zero-order valence-electron chi connectivity index (χ0n) is 13.7. The Bertz CT molecular complexity index is 279. The monoisotopic (exact) mass is 319 g/mol. The number of likely N-dealkylation sites (tertiary alicyclic amines) is 1. The van der Waals surface area contributed by atoms with Crippen LogP contribution in [0, 0.1) is 0 Å². The molecule has 1 fully saturated rings. The van der Waals surface area contributed by atoms with Crippen molar-refractivity contribution in [3.63, 3.8) is 0 Å². The third kappa shape index (κ3) is 6.48. The quantitative estimate of drug-likeness (QED) is 0.404. The summed E-state index contributed by atoms with van der Waals surface area (Å²) >= 11 is 0. The molecule has 0 amide bonds. The van der Waals surface area contributed by atoms with Gasteiger partial charge in [-0.15, -0.1) is 0 Å². The molecule has 0 aromatic rings. The predicted molar refractivity (Wildman–Crippen MR) is 84.7 cm³/mol. The maximum absolute atomic E-state index is 9.90. The summed E-state index contributed by atoms with van der Waals surface area (Å²) in [6.07, 6.45) is 4.85. The van der Waals surface area contributed by atoms with E-state index >= 15 is 0 Å². The Labute approximate surface area is 133 Å². The van der Waals surface area contributed by atoms with Gasteiger partial charge in [-0.3, -0.25) is 4.90 Å². The first kappa shape index (κ1) is 19.8. The van der Waals surface area contributed by atoms with Crippen LogP contribution in [0.2, 0.25) is 0 Å². The van der Waals surface area contributed by atoms with E-state index in [2.05, 4.69) is 0 Å². The molecule has 0 aromatic heterocycles. The largest absolute Gasteiger partial charge is 0.395 e. The molecule has 1 saturated heterocycles. The Morgan fingerprint density at radius 3 is 2.09 bits per heavy atom. The molecule has 1 heterocycles. The van der Waals surface area contributed by atoms with Crippen LogP contribution < -0.4 is 0 Å². The van der Waals surface area contributed by atoms with Gasteiger partial charge in [0.25, 0.3) is 0 Å². The fraction of sp³-hybridized carbons (Fsp3) is 1.00. The summed E-state index contributed by atoms with van der Waals surface area (Å²) in [5.41, 5.74) is 0. The van der Waals surface area contributed by atoms with Crippen LogP contribution in [-0.4, -0.2) is 83.1 Å². The number of β-amino-alcohol motifs (C(OH)–C–C–N with tert-alkyl or cyclic N) is 1. The lowest BCUT2D eigenvalue weighted by atomic mass is 9.94. The van der Waals surface area contributed by atoms with E-state index in [-0.39, 0.29) is 6.61 Å². The topological polar surface area (TPSA) is 93.4 Å². The van der Waals surface area contributed by atoms with Crippen LogP contribution in [-0.2, 0) is 4.74 Å². The maximum Gasteiger partial charge on any atom is 0.109 e. The zero-order valence-corrected chi connectivity index (χ0v) is 13.7. The molecule has 6 heteroatoms. The smallest absolute Gasteiger partial charge is 0.109 e. The van der Waals surface area contributed by atoms with Crippen LogP contribution in [0.4, 0.5) is 0 Å². The second-order valence-corrected chi connectivity index (χ2v) is 6.26. The first-order chi connectivity index (χ1) is 10.6. The molecule has 132 valence electrons. The second kappa shape index (κ2) is 11.3. The summed E-state index contributed by atoms with van der Waals surface area (Å²) in [4.78, 5) is 1.89. The number of hydrogen-bond acceptors (Lipinski definition) is 6. The molecule has 4 N–H and O–H groups in total. The molecule has 1 unspecified atom stereocenters. The summed E-state index contributed by atoms with van der Waals surface area (Å²) in [5.74, 6) is 0. The van der Waals surface area contributed by atoms with Gasteiger partial charge in [0.15, 0.2) is 0 Å². The van der Waals surface area contributed by atoms with Crippen molar-refractivity contribution in [3.8, 4) is 0 Å². The minimum absolute atomic E-state index is 0.204. The standard InChI is InChI=1S/C16H33NO5/c1-22-10-8-6-4-2-3-5-7-9-17-11-14(19)16(21)15(20)13(17)12-18/h13-16,18-21H,2-12H2,1H3/t13?,14-,15-,16+/m0/s1. The summed E-state index contributed by atoms with van der Waals surface area (Å²) in [6.45, 7) is 1.68. The lowest BCUT2D eigenvalue weighted by Gasteiger charge is -2.43. The van der Waals surface area contributed by atoms with Crippen LogP contribution in [0.15, 0.2) is 0 Å². The van der Waals surface area contributed by atoms with Gasteiger partial charge < -0.3 is 25.2 Å². The Balaban J connectivity index is 2.12. The van der Waals surface area contributed by atoms with Crippen molar-refractivity contribution < 1.29 is 25.2 Å². The van der Waals surface area contributed by atoms with E-state index in [1.807, 2.05) is 4.90 Å². The molecule has 1 aliphatic rings. The number of unbranched alkanes of at least 4 members (excludes halogenated alkanes) is 6. The van der Waals surface area contributed by atoms with E-state index in [0.29, 0.717) is 6.54 Å². The lowest BCUT2D eigenvalue weighted by molar-refractivity contribution is -0.145. The average Bonchev–Trinajstić information content (AvgIpc) is 2.51. The molecule has 0 aliphatic carbocycles. The van der Waals surface area contributed by atoms with E-state index in [0.717, 1.165) is 32.4 Å². The fourth-order valence-electron chi connectivity index (χ4n) is 3.08. The lowest BCUT2D eigenvalue weighted by Crippen LogP contribution is -2.62. The molecule has 0 spiro atoms. The number of methoxy groups -OCH3 is 1. The van der Waals surface area contributed by atoms with Crippen LogP contribution in [0.25, 0.3) is 0 Å². The number of rotatable bonds is 11. The van der Waals surface area contributed by atoms with Gasteiger partial charge in [-0.2, -0.15) is 0 Å². The summed E-state index contributed by atoms with van der Waals surface area (Å²) in [6, 6.07) is -0.479. The Morgan fingerprint density at radius 1 is 0.909 bits per heavy atom. The molecule has 0 radical (unpaired) electrons. The highest BCUT2D eigenvalue weighted by atomic mass is 16.5. The molecule has 0 saturated carbocycles.